The fraction of sp³-hybridized carbons (Fsp3) is 0.333. The van der Waals surface area contributed by atoms with E-state index < -0.39 is 6.10 Å². The number of nitriles is 1. The number of halogens is 1. The van der Waals surface area contributed by atoms with E-state index in [0.717, 1.165) is 0 Å². The van der Waals surface area contributed by atoms with Crippen molar-refractivity contribution in [2.75, 3.05) is 0 Å². The van der Waals surface area contributed by atoms with Crippen LogP contribution in [-0.2, 0) is 0 Å². The van der Waals surface area contributed by atoms with Gasteiger partial charge in [0.1, 0.15) is 15.4 Å². The molecule has 0 aliphatic rings. The monoisotopic (exact) mass is 188 g/mol. The first-order chi connectivity index (χ1) is 5.24. The average Bonchev–Trinajstić information content (AvgIpc) is 2.36. The molecule has 0 amide bonds. The van der Waals surface area contributed by atoms with Gasteiger partial charge in [0.15, 0.2) is 0 Å². The standard InChI is InChI=1S/C6H5ClN2OS/c7-5-3-9-6(11-5)4(10)1-2-8/h3-4,10H,1H2. The highest BCUT2D eigenvalue weighted by atomic mass is 35.5. The van der Waals surface area contributed by atoms with Gasteiger partial charge < -0.3 is 5.11 Å². The quantitative estimate of drug-likeness (QED) is 0.769. The lowest BCUT2D eigenvalue weighted by Crippen LogP contribution is -1.93. The Morgan fingerprint density at radius 2 is 2.64 bits per heavy atom. The summed E-state index contributed by atoms with van der Waals surface area (Å²) in [6.45, 7) is 0. The lowest BCUT2D eigenvalue weighted by molar-refractivity contribution is 0.183. The van der Waals surface area contributed by atoms with E-state index in [9.17, 15) is 5.11 Å². The minimum absolute atomic E-state index is 0.0594. The molecule has 0 saturated heterocycles. The van der Waals surface area contributed by atoms with Gasteiger partial charge in [-0.3, -0.25) is 0 Å². The molecule has 0 spiro atoms. The van der Waals surface area contributed by atoms with Crippen LogP contribution in [0.15, 0.2) is 6.20 Å². The summed E-state index contributed by atoms with van der Waals surface area (Å²) in [5.41, 5.74) is 0. The minimum atomic E-state index is -0.794. The van der Waals surface area contributed by atoms with Gasteiger partial charge in [-0.2, -0.15) is 5.26 Å². The molecular weight excluding hydrogens is 184 g/mol. The van der Waals surface area contributed by atoms with Crippen molar-refractivity contribution < 1.29 is 5.11 Å². The second-order valence-corrected chi connectivity index (χ2v) is 3.57. The van der Waals surface area contributed by atoms with Crippen molar-refractivity contribution in [3.8, 4) is 6.07 Å². The molecule has 0 aliphatic carbocycles. The number of aliphatic hydroxyl groups is 1. The Bertz CT molecular complexity index is 280. The summed E-state index contributed by atoms with van der Waals surface area (Å²) in [5.74, 6) is 0. The van der Waals surface area contributed by atoms with Crippen molar-refractivity contribution in [1.82, 2.24) is 4.98 Å². The van der Waals surface area contributed by atoms with Crippen LogP contribution >= 0.6 is 22.9 Å². The van der Waals surface area contributed by atoms with Crippen LogP contribution in [0.25, 0.3) is 0 Å². The van der Waals surface area contributed by atoms with Gasteiger partial charge in [-0.05, 0) is 0 Å². The lowest BCUT2D eigenvalue weighted by atomic mass is 10.3. The van der Waals surface area contributed by atoms with E-state index in [4.69, 9.17) is 16.9 Å². The first-order valence-electron chi connectivity index (χ1n) is 2.90. The summed E-state index contributed by atoms with van der Waals surface area (Å²) in [6, 6.07) is 1.85. The molecule has 5 heteroatoms. The van der Waals surface area contributed by atoms with Gasteiger partial charge in [0.25, 0.3) is 0 Å². The van der Waals surface area contributed by atoms with E-state index in [1.165, 1.54) is 17.5 Å². The van der Waals surface area contributed by atoms with Gasteiger partial charge in [-0.25, -0.2) is 4.98 Å². The molecule has 3 nitrogen and oxygen atoms in total. The summed E-state index contributed by atoms with van der Waals surface area (Å²) in [7, 11) is 0. The van der Waals surface area contributed by atoms with Crippen LogP contribution in [0.2, 0.25) is 4.34 Å². The number of aromatic nitrogens is 1. The Labute approximate surface area is 72.9 Å². The predicted octanol–water partition coefficient (Wildman–Crippen LogP) is 1.74. The molecule has 0 radical (unpaired) electrons. The minimum Gasteiger partial charge on any atom is -0.385 e. The Hall–Kier alpha value is -0.630. The van der Waals surface area contributed by atoms with Crippen molar-refractivity contribution >= 4 is 22.9 Å². The van der Waals surface area contributed by atoms with Crippen molar-refractivity contribution in [1.29, 1.82) is 5.26 Å². The van der Waals surface area contributed by atoms with E-state index >= 15 is 0 Å². The zero-order chi connectivity index (χ0) is 8.27. The third-order valence-electron chi connectivity index (χ3n) is 1.07. The largest absolute Gasteiger partial charge is 0.385 e. The zero-order valence-electron chi connectivity index (χ0n) is 5.49. The Morgan fingerprint density at radius 1 is 1.91 bits per heavy atom. The third kappa shape index (κ3) is 2.15. The fourth-order valence-corrected chi connectivity index (χ4v) is 1.51. The second kappa shape index (κ2) is 3.67. The molecule has 0 aliphatic heterocycles. The Kier molecular flexibility index (Phi) is 2.83. The van der Waals surface area contributed by atoms with Gasteiger partial charge in [0, 0.05) is 0 Å². The van der Waals surface area contributed by atoms with Crippen LogP contribution in [0, 0.1) is 11.3 Å². The third-order valence-corrected chi connectivity index (χ3v) is 2.28. The molecule has 1 aromatic rings. The number of rotatable bonds is 2. The smallest absolute Gasteiger partial charge is 0.124 e. The van der Waals surface area contributed by atoms with Crippen molar-refractivity contribution in [2.45, 2.75) is 12.5 Å². The van der Waals surface area contributed by atoms with Crippen molar-refractivity contribution in [2.24, 2.45) is 0 Å². The molecule has 1 N–H and O–H groups in total. The summed E-state index contributed by atoms with van der Waals surface area (Å²) in [6.07, 6.45) is 0.726. The van der Waals surface area contributed by atoms with E-state index in [0.29, 0.717) is 9.34 Å². The second-order valence-electron chi connectivity index (χ2n) is 1.88. The van der Waals surface area contributed by atoms with Crippen LogP contribution in [0.4, 0.5) is 0 Å². The number of thiazole rings is 1. The van der Waals surface area contributed by atoms with Gasteiger partial charge in [0.2, 0.25) is 0 Å². The molecule has 1 unspecified atom stereocenters. The molecule has 0 bridgehead atoms. The maximum Gasteiger partial charge on any atom is 0.124 e. The van der Waals surface area contributed by atoms with Crippen LogP contribution < -0.4 is 0 Å². The zero-order valence-corrected chi connectivity index (χ0v) is 7.06. The molecule has 1 rings (SSSR count). The molecule has 0 fully saturated rings. The van der Waals surface area contributed by atoms with Crippen molar-refractivity contribution in [3.05, 3.63) is 15.5 Å². The number of nitrogens with zero attached hydrogens (tertiary/aromatic N) is 2. The Morgan fingerprint density at radius 3 is 3.09 bits per heavy atom. The summed E-state index contributed by atoms with van der Waals surface area (Å²) in [5, 5.41) is 17.9. The molecule has 0 aromatic carbocycles. The Balaban J connectivity index is 2.70. The van der Waals surface area contributed by atoms with Gasteiger partial charge in [0.05, 0.1) is 18.7 Å². The molecule has 1 atom stereocenters. The molecule has 0 saturated carbocycles. The fourth-order valence-electron chi connectivity index (χ4n) is 0.595. The summed E-state index contributed by atoms with van der Waals surface area (Å²) < 4.78 is 0.525. The number of hydrogen-bond donors (Lipinski definition) is 1. The summed E-state index contributed by atoms with van der Waals surface area (Å²) in [4.78, 5) is 3.82. The SMILES string of the molecule is N#CCC(O)c1ncc(Cl)s1. The highest BCUT2D eigenvalue weighted by molar-refractivity contribution is 7.15. The van der Waals surface area contributed by atoms with E-state index in [-0.39, 0.29) is 6.42 Å². The van der Waals surface area contributed by atoms with Gasteiger partial charge >= 0.3 is 0 Å². The molecule has 1 aromatic heterocycles. The first kappa shape index (κ1) is 8.47. The molecule has 11 heavy (non-hydrogen) atoms. The van der Waals surface area contributed by atoms with Gasteiger partial charge in [-0.1, -0.05) is 11.6 Å². The lowest BCUT2D eigenvalue weighted by Gasteiger charge is -1.98. The topological polar surface area (TPSA) is 56.9 Å². The highest BCUT2D eigenvalue weighted by Crippen LogP contribution is 2.25. The molecule has 58 valence electrons. The predicted molar refractivity (Wildman–Crippen MR) is 42.3 cm³/mol. The van der Waals surface area contributed by atoms with E-state index in [1.807, 2.05) is 6.07 Å². The maximum absolute atomic E-state index is 9.20. The van der Waals surface area contributed by atoms with Crippen molar-refractivity contribution in [3.63, 3.8) is 0 Å². The van der Waals surface area contributed by atoms with Crippen LogP contribution in [-0.4, -0.2) is 10.1 Å². The first-order valence-corrected chi connectivity index (χ1v) is 4.09. The molecule has 1 heterocycles. The van der Waals surface area contributed by atoms with Crippen LogP contribution in [0.1, 0.15) is 17.5 Å². The number of aliphatic hydroxyl groups excluding tert-OH is 1. The normalized spacial score (nSPS) is 12.5. The van der Waals surface area contributed by atoms with Crippen LogP contribution in [0.5, 0.6) is 0 Å². The van der Waals surface area contributed by atoms with Gasteiger partial charge in [-0.15, -0.1) is 11.3 Å². The number of hydrogen-bond acceptors (Lipinski definition) is 4. The van der Waals surface area contributed by atoms with Crippen LogP contribution in [0.3, 0.4) is 0 Å². The maximum atomic E-state index is 9.20. The highest BCUT2D eigenvalue weighted by Gasteiger charge is 2.10. The average molecular weight is 189 g/mol. The van der Waals surface area contributed by atoms with E-state index in [2.05, 4.69) is 4.98 Å². The van der Waals surface area contributed by atoms with E-state index in [1.54, 1.807) is 0 Å². The molecular formula is C6H5ClN2OS. The summed E-state index contributed by atoms with van der Waals surface area (Å²) >= 11 is 6.76.